The SMILES string of the molecule is CCCCCCCCCCC(C)OC(=O)CSc1nc(SCC(=O)OC(C)CCCCCCCCCC)nc(N(c2ccccc2)c2ccccc2)n1. The number of carbonyl (C=O) groups excluding carboxylic acids is 2. The van der Waals surface area contributed by atoms with Crippen LogP contribution < -0.4 is 4.90 Å². The van der Waals surface area contributed by atoms with Crippen LogP contribution in [0.15, 0.2) is 71.0 Å². The highest BCUT2D eigenvalue weighted by Crippen LogP contribution is 2.33. The van der Waals surface area contributed by atoms with E-state index >= 15 is 0 Å². The largest absolute Gasteiger partial charge is 0.462 e. The van der Waals surface area contributed by atoms with Crippen LogP contribution in [0.3, 0.4) is 0 Å². The van der Waals surface area contributed by atoms with Gasteiger partial charge in [-0.2, -0.15) is 15.0 Å². The number of hydrogen-bond donors (Lipinski definition) is 0. The number of benzene rings is 2. The Balaban J connectivity index is 1.61. The van der Waals surface area contributed by atoms with Crippen molar-refractivity contribution in [3.05, 3.63) is 60.7 Å². The molecule has 2 unspecified atom stereocenters. The van der Waals surface area contributed by atoms with Gasteiger partial charge in [-0.05, 0) is 63.8 Å². The molecule has 0 saturated heterocycles. The molecule has 0 bridgehead atoms. The minimum atomic E-state index is -0.296. The number of ether oxygens (including phenoxy) is 2. The standard InChI is InChI=1S/C43H64N4O4S2/c1-5-7-9-11-13-15-17-21-27-35(3)50-39(48)33-52-42-44-41(47(37-29-23-19-24-30-37)38-31-25-20-26-32-38)45-43(46-42)53-34-40(49)51-36(4)28-22-18-16-14-12-10-8-6-2/h19-20,23-26,29-32,35-36H,5-18,21-22,27-28,33-34H2,1-4H3. The van der Waals surface area contributed by atoms with Gasteiger partial charge in [0.15, 0.2) is 10.3 Å². The lowest BCUT2D eigenvalue weighted by Crippen LogP contribution is -2.18. The van der Waals surface area contributed by atoms with Gasteiger partial charge in [-0.25, -0.2) is 0 Å². The molecule has 53 heavy (non-hydrogen) atoms. The van der Waals surface area contributed by atoms with E-state index in [0.29, 0.717) is 16.3 Å². The van der Waals surface area contributed by atoms with Crippen LogP contribution in [-0.2, 0) is 19.1 Å². The summed E-state index contributed by atoms with van der Waals surface area (Å²) in [5.41, 5.74) is 1.75. The minimum absolute atomic E-state index is 0.0737. The molecule has 0 spiro atoms. The topological polar surface area (TPSA) is 94.5 Å². The van der Waals surface area contributed by atoms with Crippen molar-refractivity contribution in [2.45, 2.75) is 166 Å². The number of hydrogen-bond acceptors (Lipinski definition) is 10. The monoisotopic (exact) mass is 764 g/mol. The molecule has 0 N–H and O–H groups in total. The van der Waals surface area contributed by atoms with Gasteiger partial charge in [0.2, 0.25) is 5.95 Å². The molecule has 1 aromatic heterocycles. The fourth-order valence-corrected chi connectivity index (χ4v) is 7.39. The van der Waals surface area contributed by atoms with Gasteiger partial charge in [-0.3, -0.25) is 14.5 Å². The van der Waals surface area contributed by atoms with Crippen molar-refractivity contribution in [2.75, 3.05) is 16.4 Å². The molecule has 1 heterocycles. The Labute approximate surface area is 328 Å². The second-order valence-corrected chi connectivity index (χ2v) is 15.8. The molecule has 0 aliphatic rings. The van der Waals surface area contributed by atoms with E-state index in [-0.39, 0.29) is 35.7 Å². The highest BCUT2D eigenvalue weighted by atomic mass is 32.2. The summed E-state index contributed by atoms with van der Waals surface area (Å²) in [7, 11) is 0. The van der Waals surface area contributed by atoms with Gasteiger partial charge in [-0.15, -0.1) is 0 Å². The molecular formula is C43H64N4O4S2. The summed E-state index contributed by atoms with van der Waals surface area (Å²) in [6.07, 6.45) is 21.4. The molecule has 0 aliphatic carbocycles. The maximum atomic E-state index is 12.9. The molecule has 8 nitrogen and oxygen atoms in total. The maximum absolute atomic E-state index is 12.9. The third-order valence-electron chi connectivity index (χ3n) is 9.04. The fourth-order valence-electron chi connectivity index (χ4n) is 6.10. The van der Waals surface area contributed by atoms with Gasteiger partial charge in [0.05, 0.1) is 23.7 Å². The van der Waals surface area contributed by atoms with E-state index in [0.717, 1.165) is 37.1 Å². The number of aromatic nitrogens is 3. The van der Waals surface area contributed by atoms with Crippen molar-refractivity contribution in [2.24, 2.45) is 0 Å². The van der Waals surface area contributed by atoms with Crippen LogP contribution in [0, 0.1) is 0 Å². The maximum Gasteiger partial charge on any atom is 0.316 e. The fraction of sp³-hybridized carbons (Fsp3) is 0.605. The predicted molar refractivity (Wildman–Crippen MR) is 222 cm³/mol. The smallest absolute Gasteiger partial charge is 0.316 e. The number of rotatable bonds is 29. The lowest BCUT2D eigenvalue weighted by Gasteiger charge is -2.23. The second kappa shape index (κ2) is 27.5. The number of esters is 2. The van der Waals surface area contributed by atoms with Crippen molar-refractivity contribution in [1.82, 2.24) is 15.0 Å². The lowest BCUT2D eigenvalue weighted by molar-refractivity contribution is -0.146. The Hall–Kier alpha value is -3.11. The Morgan fingerprint density at radius 1 is 0.547 bits per heavy atom. The average Bonchev–Trinajstić information content (AvgIpc) is 3.16. The molecule has 0 radical (unpaired) electrons. The van der Waals surface area contributed by atoms with E-state index in [1.807, 2.05) is 79.4 Å². The molecule has 0 aliphatic heterocycles. The number of para-hydroxylation sites is 2. The molecule has 0 saturated carbocycles. The van der Waals surface area contributed by atoms with E-state index < -0.39 is 0 Å². The zero-order valence-electron chi connectivity index (χ0n) is 32.8. The summed E-state index contributed by atoms with van der Waals surface area (Å²) in [6, 6.07) is 19.8. The van der Waals surface area contributed by atoms with Crippen molar-refractivity contribution in [3.63, 3.8) is 0 Å². The second-order valence-electron chi connectivity index (χ2n) is 13.9. The average molecular weight is 765 g/mol. The van der Waals surface area contributed by atoms with Crippen LogP contribution in [0.4, 0.5) is 17.3 Å². The molecule has 10 heteroatoms. The molecule has 292 valence electrons. The molecular weight excluding hydrogens is 701 g/mol. The summed E-state index contributed by atoms with van der Waals surface area (Å²) >= 11 is 2.44. The van der Waals surface area contributed by atoms with Crippen molar-refractivity contribution >= 4 is 52.8 Å². The zero-order valence-corrected chi connectivity index (χ0v) is 34.4. The highest BCUT2D eigenvalue weighted by Gasteiger charge is 2.20. The first-order chi connectivity index (χ1) is 25.9. The first-order valence-corrected chi connectivity index (χ1v) is 22.2. The Morgan fingerprint density at radius 3 is 1.28 bits per heavy atom. The van der Waals surface area contributed by atoms with Crippen LogP contribution in [0.2, 0.25) is 0 Å². The van der Waals surface area contributed by atoms with E-state index in [1.54, 1.807) is 0 Å². The van der Waals surface area contributed by atoms with Crippen LogP contribution in [0.5, 0.6) is 0 Å². The van der Waals surface area contributed by atoms with Crippen LogP contribution >= 0.6 is 23.5 Å². The van der Waals surface area contributed by atoms with E-state index in [1.165, 1.54) is 113 Å². The molecule has 0 amide bonds. The zero-order chi connectivity index (χ0) is 37.9. The summed E-state index contributed by atoms with van der Waals surface area (Å²) in [5, 5.41) is 0.775. The van der Waals surface area contributed by atoms with E-state index in [9.17, 15) is 9.59 Å². The van der Waals surface area contributed by atoms with Crippen LogP contribution in [0.1, 0.15) is 143 Å². The highest BCUT2D eigenvalue weighted by molar-refractivity contribution is 8.00. The molecule has 2 atom stereocenters. The number of carbonyl (C=O) groups is 2. The van der Waals surface area contributed by atoms with Crippen molar-refractivity contribution < 1.29 is 19.1 Å². The molecule has 2 aromatic carbocycles. The summed E-state index contributed by atoms with van der Waals surface area (Å²) in [5.74, 6) is -0.0463. The van der Waals surface area contributed by atoms with Gasteiger partial charge < -0.3 is 9.47 Å². The predicted octanol–water partition coefficient (Wildman–Crippen LogP) is 12.5. The first-order valence-electron chi connectivity index (χ1n) is 20.2. The number of anilines is 3. The van der Waals surface area contributed by atoms with Crippen LogP contribution in [-0.4, -0.2) is 50.6 Å². The third kappa shape index (κ3) is 19.2. The number of unbranched alkanes of at least 4 members (excludes halogenated alkanes) is 14. The number of thioether (sulfide) groups is 2. The molecule has 3 aromatic rings. The molecule has 3 rings (SSSR count). The normalized spacial score (nSPS) is 12.3. The van der Waals surface area contributed by atoms with Gasteiger partial charge in [-0.1, -0.05) is 164 Å². The van der Waals surface area contributed by atoms with Gasteiger partial charge in [0.25, 0.3) is 0 Å². The Bertz CT molecular complexity index is 1310. The van der Waals surface area contributed by atoms with Gasteiger partial charge in [0, 0.05) is 11.4 Å². The van der Waals surface area contributed by atoms with Gasteiger partial charge >= 0.3 is 11.9 Å². The third-order valence-corrected chi connectivity index (χ3v) is 10.7. The van der Waals surface area contributed by atoms with Crippen molar-refractivity contribution in [3.8, 4) is 0 Å². The van der Waals surface area contributed by atoms with E-state index in [2.05, 4.69) is 18.8 Å². The first kappa shape index (κ1) is 44.3. The Kier molecular flexibility index (Phi) is 23.0. The summed E-state index contributed by atoms with van der Waals surface area (Å²) < 4.78 is 11.5. The quantitative estimate of drug-likeness (QED) is 0.0386. The van der Waals surface area contributed by atoms with Crippen LogP contribution in [0.25, 0.3) is 0 Å². The lowest BCUT2D eigenvalue weighted by atomic mass is 10.1. The minimum Gasteiger partial charge on any atom is -0.462 e. The Morgan fingerprint density at radius 2 is 0.906 bits per heavy atom. The van der Waals surface area contributed by atoms with Crippen molar-refractivity contribution in [1.29, 1.82) is 0 Å². The van der Waals surface area contributed by atoms with E-state index in [4.69, 9.17) is 19.4 Å². The molecule has 0 fully saturated rings. The number of nitrogens with zero attached hydrogens (tertiary/aromatic N) is 4. The summed E-state index contributed by atoms with van der Waals surface area (Å²) in [6.45, 7) is 8.41. The summed E-state index contributed by atoms with van der Waals surface area (Å²) in [4.78, 5) is 42.0. The van der Waals surface area contributed by atoms with Gasteiger partial charge in [0.1, 0.15) is 0 Å².